The molecule has 1 heterocycles. The van der Waals surface area contributed by atoms with E-state index in [0.717, 1.165) is 49.5 Å². The molecule has 0 amide bonds. The first kappa shape index (κ1) is 20.0. The highest BCUT2D eigenvalue weighted by Crippen LogP contribution is 2.39. The van der Waals surface area contributed by atoms with Gasteiger partial charge in [0.15, 0.2) is 0 Å². The number of fused-ring (bicyclic) bond motifs is 1. The molecule has 1 saturated heterocycles. The van der Waals surface area contributed by atoms with E-state index in [1.807, 2.05) is 18.2 Å². The van der Waals surface area contributed by atoms with Gasteiger partial charge in [-0.15, -0.1) is 0 Å². The third-order valence-corrected chi connectivity index (χ3v) is 6.14. The van der Waals surface area contributed by atoms with Crippen molar-refractivity contribution in [1.29, 1.82) is 0 Å². The molecular formula is C23H28FNO4. The standard InChI is InChI=1S/C23H28FNO4/c1-27-20-7-8-22(28-2)17(9-20)14-25-12-15-10-21(26)23(11-16(15)13-25)29-19-5-3-18(24)4-6-19/h3-9,15-16,21,23,26H,10-14H2,1-2H3/t15-,16+,21+,23+/m0/s1. The third-order valence-electron chi connectivity index (χ3n) is 6.14. The number of aliphatic hydroxyl groups is 1. The van der Waals surface area contributed by atoms with E-state index in [1.165, 1.54) is 12.1 Å². The second kappa shape index (κ2) is 8.59. The summed E-state index contributed by atoms with van der Waals surface area (Å²) in [6.07, 6.45) is 0.762. The molecule has 1 N–H and O–H groups in total. The van der Waals surface area contributed by atoms with Gasteiger partial charge in [-0.3, -0.25) is 4.90 Å². The Balaban J connectivity index is 1.40. The van der Waals surface area contributed by atoms with Crippen molar-refractivity contribution in [2.45, 2.75) is 31.6 Å². The minimum absolute atomic E-state index is 0.256. The first-order chi connectivity index (χ1) is 14.1. The number of likely N-dealkylation sites (tertiary alicyclic amines) is 1. The van der Waals surface area contributed by atoms with E-state index in [2.05, 4.69) is 4.90 Å². The highest BCUT2D eigenvalue weighted by molar-refractivity contribution is 5.40. The Morgan fingerprint density at radius 1 is 0.966 bits per heavy atom. The Bertz CT molecular complexity index is 828. The minimum Gasteiger partial charge on any atom is -0.497 e. The Hall–Kier alpha value is -2.31. The molecule has 6 heteroatoms. The molecule has 1 aliphatic heterocycles. The lowest BCUT2D eigenvalue weighted by Crippen LogP contribution is -2.42. The van der Waals surface area contributed by atoms with Crippen LogP contribution in [0.1, 0.15) is 18.4 Å². The Morgan fingerprint density at radius 3 is 2.34 bits per heavy atom. The molecule has 2 aromatic carbocycles. The zero-order chi connectivity index (χ0) is 20.4. The molecule has 156 valence electrons. The van der Waals surface area contributed by atoms with Crippen molar-refractivity contribution in [3.8, 4) is 17.2 Å². The van der Waals surface area contributed by atoms with Gasteiger partial charge in [0.1, 0.15) is 29.2 Å². The van der Waals surface area contributed by atoms with E-state index in [4.69, 9.17) is 14.2 Å². The van der Waals surface area contributed by atoms with Crippen molar-refractivity contribution in [3.05, 3.63) is 53.8 Å². The van der Waals surface area contributed by atoms with Gasteiger partial charge in [0.05, 0.1) is 20.3 Å². The lowest BCUT2D eigenvalue weighted by Gasteiger charge is -2.35. The summed E-state index contributed by atoms with van der Waals surface area (Å²) in [6.45, 7) is 2.69. The molecule has 0 bridgehead atoms. The summed E-state index contributed by atoms with van der Waals surface area (Å²) in [6, 6.07) is 11.9. The van der Waals surface area contributed by atoms with Crippen LogP contribution in [0.5, 0.6) is 17.2 Å². The van der Waals surface area contributed by atoms with E-state index in [9.17, 15) is 9.50 Å². The SMILES string of the molecule is COc1ccc(OC)c(CN2C[C@H]3C[C@@H](Oc4ccc(F)cc4)[C@H](O)C[C@H]3C2)c1. The topological polar surface area (TPSA) is 51.2 Å². The van der Waals surface area contributed by atoms with Crippen molar-refractivity contribution in [2.75, 3.05) is 27.3 Å². The van der Waals surface area contributed by atoms with Crippen LogP contribution in [0.3, 0.4) is 0 Å². The summed E-state index contributed by atoms with van der Waals surface area (Å²) in [5.74, 6) is 2.92. The fourth-order valence-electron chi connectivity index (χ4n) is 4.68. The molecule has 0 aromatic heterocycles. The number of nitrogens with zero attached hydrogens (tertiary/aromatic N) is 1. The molecule has 5 nitrogen and oxygen atoms in total. The number of methoxy groups -OCH3 is 2. The summed E-state index contributed by atoms with van der Waals surface area (Å²) < 4.78 is 30.0. The van der Waals surface area contributed by atoms with E-state index in [0.29, 0.717) is 17.6 Å². The zero-order valence-corrected chi connectivity index (χ0v) is 16.9. The normalized spacial score (nSPS) is 26.8. The van der Waals surface area contributed by atoms with Crippen LogP contribution >= 0.6 is 0 Å². The predicted molar refractivity (Wildman–Crippen MR) is 108 cm³/mol. The minimum atomic E-state index is -0.507. The van der Waals surface area contributed by atoms with Gasteiger partial charge < -0.3 is 19.3 Å². The average Bonchev–Trinajstić information content (AvgIpc) is 3.10. The highest BCUT2D eigenvalue weighted by Gasteiger charge is 2.42. The third kappa shape index (κ3) is 4.49. The van der Waals surface area contributed by atoms with Crippen LogP contribution in [0.2, 0.25) is 0 Å². The van der Waals surface area contributed by atoms with Gasteiger partial charge in [-0.05, 0) is 67.1 Å². The summed E-state index contributed by atoms with van der Waals surface area (Å²) in [5.41, 5.74) is 1.10. The van der Waals surface area contributed by atoms with E-state index in [1.54, 1.807) is 26.4 Å². The number of halogens is 1. The Labute approximate surface area is 171 Å². The van der Waals surface area contributed by atoms with Gasteiger partial charge in [0.25, 0.3) is 0 Å². The lowest BCUT2D eigenvalue weighted by molar-refractivity contribution is -0.0231. The summed E-state index contributed by atoms with van der Waals surface area (Å²) in [4.78, 5) is 2.42. The van der Waals surface area contributed by atoms with Gasteiger partial charge in [-0.2, -0.15) is 0 Å². The molecule has 2 aromatic rings. The monoisotopic (exact) mass is 401 g/mol. The lowest BCUT2D eigenvalue weighted by atomic mass is 9.78. The number of ether oxygens (including phenoxy) is 3. The Morgan fingerprint density at radius 2 is 1.66 bits per heavy atom. The molecule has 0 spiro atoms. The van der Waals surface area contributed by atoms with Gasteiger partial charge in [0.2, 0.25) is 0 Å². The largest absolute Gasteiger partial charge is 0.497 e. The second-order valence-electron chi connectivity index (χ2n) is 8.04. The number of aliphatic hydroxyl groups excluding tert-OH is 1. The van der Waals surface area contributed by atoms with Crippen molar-refractivity contribution < 1.29 is 23.7 Å². The van der Waals surface area contributed by atoms with Crippen LogP contribution < -0.4 is 14.2 Å². The van der Waals surface area contributed by atoms with Crippen LogP contribution in [0.25, 0.3) is 0 Å². The van der Waals surface area contributed by atoms with Gasteiger partial charge in [-0.1, -0.05) is 0 Å². The first-order valence-corrected chi connectivity index (χ1v) is 10.1. The highest BCUT2D eigenvalue weighted by atomic mass is 19.1. The molecule has 29 heavy (non-hydrogen) atoms. The Kier molecular flexibility index (Phi) is 5.92. The van der Waals surface area contributed by atoms with Crippen LogP contribution in [0, 0.1) is 17.7 Å². The van der Waals surface area contributed by atoms with Crippen LogP contribution in [-0.2, 0) is 6.54 Å². The smallest absolute Gasteiger partial charge is 0.125 e. The zero-order valence-electron chi connectivity index (χ0n) is 16.9. The van der Waals surface area contributed by atoms with Crippen molar-refractivity contribution in [3.63, 3.8) is 0 Å². The maximum Gasteiger partial charge on any atom is 0.125 e. The summed E-state index contributed by atoms with van der Waals surface area (Å²) >= 11 is 0. The first-order valence-electron chi connectivity index (χ1n) is 10.1. The summed E-state index contributed by atoms with van der Waals surface area (Å²) in [5, 5.41) is 10.6. The van der Waals surface area contributed by atoms with Gasteiger partial charge in [0, 0.05) is 25.2 Å². The molecular weight excluding hydrogens is 373 g/mol. The molecule has 0 unspecified atom stereocenters. The van der Waals surface area contributed by atoms with Crippen LogP contribution in [0.4, 0.5) is 4.39 Å². The van der Waals surface area contributed by atoms with Crippen molar-refractivity contribution >= 4 is 0 Å². The van der Waals surface area contributed by atoms with Crippen molar-refractivity contribution in [1.82, 2.24) is 4.90 Å². The predicted octanol–water partition coefficient (Wildman–Crippen LogP) is 3.49. The molecule has 2 aliphatic rings. The number of benzene rings is 2. The average molecular weight is 401 g/mol. The fourth-order valence-corrected chi connectivity index (χ4v) is 4.68. The molecule has 4 atom stereocenters. The maximum absolute atomic E-state index is 13.1. The van der Waals surface area contributed by atoms with Crippen LogP contribution in [0.15, 0.2) is 42.5 Å². The van der Waals surface area contributed by atoms with E-state index >= 15 is 0 Å². The van der Waals surface area contributed by atoms with Crippen molar-refractivity contribution in [2.24, 2.45) is 11.8 Å². The number of hydrogen-bond acceptors (Lipinski definition) is 5. The van der Waals surface area contributed by atoms with E-state index < -0.39 is 6.10 Å². The van der Waals surface area contributed by atoms with Gasteiger partial charge in [-0.25, -0.2) is 4.39 Å². The number of rotatable bonds is 6. The molecule has 1 aliphatic carbocycles. The molecule has 4 rings (SSSR count). The second-order valence-corrected chi connectivity index (χ2v) is 8.04. The number of hydrogen-bond donors (Lipinski definition) is 1. The van der Waals surface area contributed by atoms with Gasteiger partial charge >= 0.3 is 0 Å². The summed E-state index contributed by atoms with van der Waals surface area (Å²) in [7, 11) is 3.35. The molecule has 0 radical (unpaired) electrons. The molecule has 1 saturated carbocycles. The molecule has 2 fully saturated rings. The maximum atomic E-state index is 13.1. The van der Waals surface area contributed by atoms with E-state index in [-0.39, 0.29) is 11.9 Å². The quantitative estimate of drug-likeness (QED) is 0.803. The van der Waals surface area contributed by atoms with Crippen LogP contribution in [-0.4, -0.2) is 49.5 Å². The fraction of sp³-hybridized carbons (Fsp3) is 0.478.